The van der Waals surface area contributed by atoms with E-state index < -0.39 is 11.7 Å². The average molecular weight is 520 g/mol. The molecular formula is C26H38FN5O3S. The van der Waals surface area contributed by atoms with Gasteiger partial charge < -0.3 is 20.4 Å². The molecule has 2 N–H and O–H groups in total. The first-order valence-electron chi connectivity index (χ1n) is 12.4. The third-order valence-corrected chi connectivity index (χ3v) is 6.65. The Labute approximate surface area is 217 Å². The van der Waals surface area contributed by atoms with Crippen LogP contribution in [0.4, 0.5) is 9.52 Å². The van der Waals surface area contributed by atoms with Crippen molar-refractivity contribution in [2.24, 2.45) is 0 Å². The lowest BCUT2D eigenvalue weighted by atomic mass is 10.1. The molecule has 36 heavy (non-hydrogen) atoms. The second kappa shape index (κ2) is 14.6. The Morgan fingerprint density at radius 3 is 2.33 bits per heavy atom. The van der Waals surface area contributed by atoms with E-state index in [1.165, 1.54) is 40.5 Å². The molecule has 8 nitrogen and oxygen atoms in total. The first-order valence-corrected chi connectivity index (χ1v) is 13.3. The van der Waals surface area contributed by atoms with Gasteiger partial charge in [-0.2, -0.15) is 0 Å². The summed E-state index contributed by atoms with van der Waals surface area (Å²) in [5.74, 6) is -1.29. The minimum Gasteiger partial charge on any atom is -0.353 e. The van der Waals surface area contributed by atoms with Crippen LogP contribution < -0.4 is 10.6 Å². The van der Waals surface area contributed by atoms with Gasteiger partial charge in [-0.05, 0) is 77.5 Å². The average Bonchev–Trinajstić information content (AvgIpc) is 3.26. The van der Waals surface area contributed by atoms with Crippen molar-refractivity contribution in [2.75, 3.05) is 31.5 Å². The first kappa shape index (κ1) is 29.4. The molecule has 0 aliphatic carbocycles. The lowest BCUT2D eigenvalue weighted by molar-refractivity contribution is -0.121. The molecule has 1 aromatic heterocycles. The summed E-state index contributed by atoms with van der Waals surface area (Å²) in [6.45, 7) is 12.8. The second-order valence-electron chi connectivity index (χ2n) is 9.04. The number of amides is 3. The van der Waals surface area contributed by atoms with Gasteiger partial charge in [-0.15, -0.1) is 11.3 Å². The van der Waals surface area contributed by atoms with Crippen molar-refractivity contribution in [2.45, 2.75) is 66.0 Å². The molecule has 1 aromatic carbocycles. The Balaban J connectivity index is 1.83. The Hall–Kier alpha value is -2.85. The summed E-state index contributed by atoms with van der Waals surface area (Å²) >= 11 is 1.23. The molecule has 1 atom stereocenters. The lowest BCUT2D eigenvalue weighted by Gasteiger charge is -2.26. The van der Waals surface area contributed by atoms with Crippen LogP contribution >= 0.6 is 11.3 Å². The highest BCUT2D eigenvalue weighted by atomic mass is 32.1. The Morgan fingerprint density at radius 1 is 1.06 bits per heavy atom. The fraction of sp³-hybridized carbons (Fsp3) is 0.538. The smallest absolute Gasteiger partial charge is 0.254 e. The van der Waals surface area contributed by atoms with Crippen LogP contribution in [0.1, 0.15) is 63.5 Å². The van der Waals surface area contributed by atoms with Crippen LogP contribution in [-0.4, -0.2) is 70.8 Å². The topological polar surface area (TPSA) is 94.6 Å². The SMILES string of the molecule is CCN(CC)CCCC(C)NC(=O)Cc1csc(NC(=O)CN(C(=O)c2ccc(F)cc2)C(C)C)n1. The van der Waals surface area contributed by atoms with Gasteiger partial charge in [0.25, 0.3) is 5.91 Å². The van der Waals surface area contributed by atoms with E-state index >= 15 is 0 Å². The number of hydrogen-bond acceptors (Lipinski definition) is 6. The van der Waals surface area contributed by atoms with E-state index in [1.54, 1.807) is 19.2 Å². The molecule has 0 radical (unpaired) electrons. The summed E-state index contributed by atoms with van der Waals surface area (Å²) in [7, 11) is 0. The van der Waals surface area contributed by atoms with Crippen LogP contribution in [0.3, 0.4) is 0 Å². The minimum atomic E-state index is -0.432. The third-order valence-electron chi connectivity index (χ3n) is 5.84. The molecule has 10 heteroatoms. The van der Waals surface area contributed by atoms with E-state index in [0.717, 1.165) is 32.5 Å². The van der Waals surface area contributed by atoms with Gasteiger partial charge in [-0.1, -0.05) is 13.8 Å². The van der Waals surface area contributed by atoms with Crippen molar-refractivity contribution in [3.05, 3.63) is 46.7 Å². The summed E-state index contributed by atoms with van der Waals surface area (Å²) in [4.78, 5) is 45.9. The van der Waals surface area contributed by atoms with Gasteiger partial charge in [0.1, 0.15) is 12.4 Å². The molecular weight excluding hydrogens is 481 g/mol. The van der Waals surface area contributed by atoms with Gasteiger partial charge in [0.2, 0.25) is 11.8 Å². The number of carbonyl (C=O) groups excluding carboxylic acids is 3. The standard InChI is InChI=1S/C26H38FN5O3S/c1-6-31(7-2)14-8-9-19(5)28-23(33)15-22-17-36-26(29-22)30-24(34)16-32(18(3)4)25(35)20-10-12-21(27)13-11-20/h10-13,17-19H,6-9,14-16H2,1-5H3,(H,28,33)(H,29,30,34). The molecule has 2 aromatic rings. The molecule has 0 saturated carbocycles. The zero-order valence-corrected chi connectivity index (χ0v) is 22.7. The number of nitrogens with one attached hydrogen (secondary N) is 2. The minimum absolute atomic E-state index is 0.0755. The third kappa shape index (κ3) is 9.66. The van der Waals surface area contributed by atoms with E-state index in [0.29, 0.717) is 16.4 Å². The van der Waals surface area contributed by atoms with Crippen molar-refractivity contribution in [3.8, 4) is 0 Å². The number of halogens is 1. The number of anilines is 1. The number of rotatable bonds is 14. The van der Waals surface area contributed by atoms with Crippen molar-refractivity contribution in [3.63, 3.8) is 0 Å². The monoisotopic (exact) mass is 519 g/mol. The Bertz CT molecular complexity index is 992. The van der Waals surface area contributed by atoms with Crippen molar-refractivity contribution in [1.29, 1.82) is 0 Å². The zero-order chi connectivity index (χ0) is 26.7. The molecule has 3 amide bonds. The van der Waals surface area contributed by atoms with Gasteiger partial charge in [0, 0.05) is 23.0 Å². The second-order valence-corrected chi connectivity index (χ2v) is 9.90. The summed E-state index contributed by atoms with van der Waals surface area (Å²) in [6.07, 6.45) is 2.06. The number of carbonyl (C=O) groups is 3. The normalized spacial score (nSPS) is 12.0. The van der Waals surface area contributed by atoms with Gasteiger partial charge in [0.05, 0.1) is 12.1 Å². The van der Waals surface area contributed by atoms with Crippen molar-refractivity contribution in [1.82, 2.24) is 20.1 Å². The fourth-order valence-electron chi connectivity index (χ4n) is 3.73. The van der Waals surface area contributed by atoms with E-state index in [1.807, 2.05) is 6.92 Å². The van der Waals surface area contributed by atoms with Crippen molar-refractivity contribution < 1.29 is 18.8 Å². The molecule has 0 saturated heterocycles. The van der Waals surface area contributed by atoms with Crippen LogP contribution in [0.2, 0.25) is 0 Å². The summed E-state index contributed by atoms with van der Waals surface area (Å²) in [5, 5.41) is 7.82. The molecule has 0 aliphatic rings. The van der Waals surface area contributed by atoms with Crippen LogP contribution in [0.15, 0.2) is 29.6 Å². The molecule has 2 rings (SSSR count). The summed E-state index contributed by atoms with van der Waals surface area (Å²) in [5.41, 5.74) is 0.883. The lowest BCUT2D eigenvalue weighted by Crippen LogP contribution is -2.42. The van der Waals surface area contributed by atoms with Gasteiger partial charge in [-0.25, -0.2) is 9.37 Å². The van der Waals surface area contributed by atoms with Crippen molar-refractivity contribution >= 4 is 34.2 Å². The van der Waals surface area contributed by atoms with Crippen LogP contribution in [0.25, 0.3) is 0 Å². The molecule has 1 heterocycles. The first-order chi connectivity index (χ1) is 17.1. The maximum absolute atomic E-state index is 13.2. The fourth-order valence-corrected chi connectivity index (χ4v) is 4.46. The largest absolute Gasteiger partial charge is 0.353 e. The maximum Gasteiger partial charge on any atom is 0.254 e. The quantitative estimate of drug-likeness (QED) is 0.394. The highest BCUT2D eigenvalue weighted by Crippen LogP contribution is 2.17. The van der Waals surface area contributed by atoms with Crippen LogP contribution in [0.5, 0.6) is 0 Å². The number of aromatic nitrogens is 1. The molecule has 0 fully saturated rings. The molecule has 1 unspecified atom stereocenters. The molecule has 0 bridgehead atoms. The highest BCUT2D eigenvalue weighted by molar-refractivity contribution is 7.13. The Kier molecular flexibility index (Phi) is 12.0. The number of hydrogen-bond donors (Lipinski definition) is 2. The van der Waals surface area contributed by atoms with E-state index in [-0.39, 0.29) is 36.9 Å². The van der Waals surface area contributed by atoms with Crippen LogP contribution in [0, 0.1) is 5.82 Å². The number of thiazole rings is 1. The van der Waals surface area contributed by atoms with E-state index in [4.69, 9.17) is 0 Å². The number of nitrogens with zero attached hydrogens (tertiary/aromatic N) is 3. The highest BCUT2D eigenvalue weighted by Gasteiger charge is 2.22. The van der Waals surface area contributed by atoms with E-state index in [9.17, 15) is 18.8 Å². The summed E-state index contributed by atoms with van der Waals surface area (Å²) in [6, 6.07) is 5.06. The molecule has 0 spiro atoms. The number of benzene rings is 1. The summed E-state index contributed by atoms with van der Waals surface area (Å²) < 4.78 is 13.2. The molecule has 0 aliphatic heterocycles. The van der Waals surface area contributed by atoms with Gasteiger partial charge >= 0.3 is 0 Å². The van der Waals surface area contributed by atoms with Gasteiger partial charge in [-0.3, -0.25) is 14.4 Å². The Morgan fingerprint density at radius 2 is 1.72 bits per heavy atom. The van der Waals surface area contributed by atoms with Gasteiger partial charge in [0.15, 0.2) is 5.13 Å². The predicted octanol–water partition coefficient (Wildman–Crippen LogP) is 3.94. The van der Waals surface area contributed by atoms with E-state index in [2.05, 4.69) is 34.4 Å². The van der Waals surface area contributed by atoms with Crippen LogP contribution in [-0.2, 0) is 16.0 Å². The predicted molar refractivity (Wildman–Crippen MR) is 142 cm³/mol. The molecule has 198 valence electrons. The maximum atomic E-state index is 13.2. The zero-order valence-electron chi connectivity index (χ0n) is 21.8.